The normalized spacial score (nSPS) is 20.1. The maximum absolute atomic E-state index is 15.1. The summed E-state index contributed by atoms with van der Waals surface area (Å²) in [6.45, 7) is 4.53. The van der Waals surface area contributed by atoms with Crippen molar-refractivity contribution in [2.24, 2.45) is 0 Å². The predicted molar refractivity (Wildman–Crippen MR) is 183 cm³/mol. The van der Waals surface area contributed by atoms with Gasteiger partial charge in [-0.2, -0.15) is 0 Å². The largest absolute Gasteiger partial charge is 0.392 e. The molecular formula is C37H38IN3O4. The standard InChI is InChI=1S/C37H38IN3O4/c38-33-13-7-4-10-30(33)24-37(36(44)39-18-19-40-20-22-45-23-21-40)32-12-6-5-11-31(32)35(43)41(25-27-8-2-1-3-9-27)34(37)29-16-14-28(26-42)15-17-29/h1-17,34,42H,18-26H2,(H,39,44)/t34-,37-/m0/s1. The summed E-state index contributed by atoms with van der Waals surface area (Å²) in [4.78, 5) is 33.8. The molecule has 7 nitrogen and oxygen atoms in total. The van der Waals surface area contributed by atoms with Crippen molar-refractivity contribution in [3.63, 3.8) is 0 Å². The number of carbonyl (C=O) groups is 2. The number of nitrogens with one attached hydrogen (secondary N) is 1. The third kappa shape index (κ3) is 6.56. The average Bonchev–Trinajstić information content (AvgIpc) is 3.09. The topological polar surface area (TPSA) is 82.1 Å². The quantitative estimate of drug-likeness (QED) is 0.223. The van der Waals surface area contributed by atoms with E-state index >= 15 is 4.79 Å². The molecule has 0 aromatic heterocycles. The molecular weight excluding hydrogens is 677 g/mol. The first-order chi connectivity index (χ1) is 22.0. The smallest absolute Gasteiger partial charge is 0.255 e. The minimum Gasteiger partial charge on any atom is -0.392 e. The van der Waals surface area contributed by atoms with Gasteiger partial charge in [0.05, 0.1) is 25.9 Å². The van der Waals surface area contributed by atoms with E-state index in [1.165, 1.54) is 0 Å². The zero-order valence-electron chi connectivity index (χ0n) is 25.2. The van der Waals surface area contributed by atoms with Crippen molar-refractivity contribution in [3.05, 3.63) is 140 Å². The lowest BCUT2D eigenvalue weighted by molar-refractivity contribution is -0.130. The van der Waals surface area contributed by atoms with Crippen LogP contribution in [0.15, 0.2) is 103 Å². The number of halogens is 1. The van der Waals surface area contributed by atoms with Crippen molar-refractivity contribution in [1.29, 1.82) is 0 Å². The van der Waals surface area contributed by atoms with Gasteiger partial charge in [-0.1, -0.05) is 91.0 Å². The number of benzene rings is 4. The van der Waals surface area contributed by atoms with Crippen molar-refractivity contribution in [2.45, 2.75) is 31.0 Å². The molecule has 2 aliphatic rings. The first-order valence-corrected chi connectivity index (χ1v) is 16.5. The van der Waals surface area contributed by atoms with Crippen molar-refractivity contribution in [2.75, 3.05) is 39.4 Å². The highest BCUT2D eigenvalue weighted by molar-refractivity contribution is 14.1. The van der Waals surface area contributed by atoms with Gasteiger partial charge in [0.2, 0.25) is 5.91 Å². The summed E-state index contributed by atoms with van der Waals surface area (Å²) in [5.74, 6) is -0.213. The number of carbonyl (C=O) groups excluding carboxylic acids is 2. The summed E-state index contributed by atoms with van der Waals surface area (Å²) in [6.07, 6.45) is 0.400. The van der Waals surface area contributed by atoms with Gasteiger partial charge in [0, 0.05) is 41.9 Å². The Morgan fingerprint density at radius 3 is 2.31 bits per heavy atom. The van der Waals surface area contributed by atoms with Crippen molar-refractivity contribution < 1.29 is 19.4 Å². The number of fused-ring (bicyclic) bond motifs is 1. The average molecular weight is 716 g/mol. The second-order valence-electron chi connectivity index (χ2n) is 11.7. The lowest BCUT2D eigenvalue weighted by Crippen LogP contribution is -2.60. The summed E-state index contributed by atoms with van der Waals surface area (Å²) < 4.78 is 6.59. The van der Waals surface area contributed by atoms with E-state index in [1.807, 2.05) is 95.9 Å². The van der Waals surface area contributed by atoms with E-state index in [9.17, 15) is 9.90 Å². The first-order valence-electron chi connectivity index (χ1n) is 15.5. The van der Waals surface area contributed by atoms with Gasteiger partial charge in [-0.25, -0.2) is 0 Å². The number of nitrogens with zero attached hydrogens (tertiary/aromatic N) is 2. The van der Waals surface area contributed by atoms with E-state index in [1.54, 1.807) is 0 Å². The molecule has 0 aliphatic carbocycles. The molecule has 2 heterocycles. The highest BCUT2D eigenvalue weighted by atomic mass is 127. The molecule has 1 saturated heterocycles. The predicted octanol–water partition coefficient (Wildman–Crippen LogP) is 5.11. The Morgan fingerprint density at radius 2 is 1.58 bits per heavy atom. The van der Waals surface area contributed by atoms with Gasteiger partial charge >= 0.3 is 0 Å². The second-order valence-corrected chi connectivity index (χ2v) is 12.9. The summed E-state index contributed by atoms with van der Waals surface area (Å²) in [5, 5.41) is 13.2. The third-order valence-corrected chi connectivity index (χ3v) is 10.1. The molecule has 2 aliphatic heterocycles. The molecule has 1 fully saturated rings. The highest BCUT2D eigenvalue weighted by Gasteiger charge is 2.56. The van der Waals surface area contributed by atoms with Crippen LogP contribution in [0.5, 0.6) is 0 Å². The van der Waals surface area contributed by atoms with Crippen LogP contribution in [0.25, 0.3) is 0 Å². The second kappa shape index (κ2) is 14.2. The zero-order chi connectivity index (χ0) is 31.2. The minimum atomic E-state index is -1.15. The number of hydrogen-bond donors (Lipinski definition) is 2. The van der Waals surface area contributed by atoms with Crippen molar-refractivity contribution in [1.82, 2.24) is 15.1 Å². The van der Waals surface area contributed by atoms with E-state index in [2.05, 4.69) is 44.9 Å². The molecule has 4 aromatic carbocycles. The molecule has 6 rings (SSSR count). The Kier molecular flexibility index (Phi) is 9.94. The molecule has 2 N–H and O–H groups in total. The molecule has 2 atom stereocenters. The zero-order valence-corrected chi connectivity index (χ0v) is 27.4. The van der Waals surface area contributed by atoms with Crippen molar-refractivity contribution in [3.8, 4) is 0 Å². The summed E-state index contributed by atoms with van der Waals surface area (Å²) >= 11 is 2.34. The fourth-order valence-electron chi connectivity index (χ4n) is 6.73. The molecule has 232 valence electrons. The van der Waals surface area contributed by atoms with E-state index in [0.29, 0.717) is 38.3 Å². The number of hydrogen-bond acceptors (Lipinski definition) is 5. The number of aliphatic hydroxyl groups is 1. The monoisotopic (exact) mass is 715 g/mol. The van der Waals surface area contributed by atoms with Crippen LogP contribution in [-0.2, 0) is 34.5 Å². The van der Waals surface area contributed by atoms with Crippen LogP contribution in [0, 0.1) is 3.57 Å². The SMILES string of the molecule is O=C1c2ccccc2[C@](Cc2ccccc2I)(C(=O)NCCN2CCOCC2)[C@H](c2ccc(CO)cc2)N1Cc1ccccc1. The van der Waals surface area contributed by atoms with Crippen LogP contribution in [0.4, 0.5) is 0 Å². The highest BCUT2D eigenvalue weighted by Crippen LogP contribution is 2.50. The van der Waals surface area contributed by atoms with Gasteiger partial charge in [-0.15, -0.1) is 0 Å². The number of amides is 2. The number of rotatable bonds is 10. The van der Waals surface area contributed by atoms with E-state index in [4.69, 9.17) is 4.74 Å². The molecule has 8 heteroatoms. The molecule has 0 unspecified atom stereocenters. The molecule has 45 heavy (non-hydrogen) atoms. The molecule has 0 bridgehead atoms. The van der Waals surface area contributed by atoms with E-state index < -0.39 is 11.5 Å². The Morgan fingerprint density at radius 1 is 0.889 bits per heavy atom. The van der Waals surface area contributed by atoms with Crippen LogP contribution in [0.3, 0.4) is 0 Å². The van der Waals surface area contributed by atoms with Gasteiger partial charge < -0.3 is 20.1 Å². The molecule has 4 aromatic rings. The van der Waals surface area contributed by atoms with Crippen molar-refractivity contribution >= 4 is 34.4 Å². The lowest BCUT2D eigenvalue weighted by Gasteiger charge is -2.50. The van der Waals surface area contributed by atoms with E-state index in [-0.39, 0.29) is 18.4 Å². The Labute approximate surface area is 278 Å². The summed E-state index contributed by atoms with van der Waals surface area (Å²) in [7, 11) is 0. The van der Waals surface area contributed by atoms with Crippen LogP contribution in [-0.4, -0.2) is 66.1 Å². The maximum Gasteiger partial charge on any atom is 0.255 e. The number of ether oxygens (including phenoxy) is 1. The maximum atomic E-state index is 15.1. The van der Waals surface area contributed by atoms with Crippen LogP contribution < -0.4 is 5.32 Å². The van der Waals surface area contributed by atoms with Crippen LogP contribution in [0.1, 0.15) is 44.2 Å². The lowest BCUT2D eigenvalue weighted by atomic mass is 9.63. The van der Waals surface area contributed by atoms with Gasteiger partial charge in [0.25, 0.3) is 5.91 Å². The van der Waals surface area contributed by atoms with Gasteiger partial charge in [-0.3, -0.25) is 14.5 Å². The minimum absolute atomic E-state index is 0.0875. The fraction of sp³-hybridized carbons (Fsp3) is 0.297. The molecule has 2 amide bonds. The van der Waals surface area contributed by atoms with Gasteiger partial charge in [0.1, 0.15) is 5.41 Å². The van der Waals surface area contributed by atoms with Crippen LogP contribution >= 0.6 is 22.6 Å². The van der Waals surface area contributed by atoms with Gasteiger partial charge in [-0.05, 0) is 69.0 Å². The Balaban J connectivity index is 1.53. The Hall–Kier alpha value is -3.57. The summed E-state index contributed by atoms with van der Waals surface area (Å²) in [6, 6.07) is 32.8. The van der Waals surface area contributed by atoms with Crippen LogP contribution in [0.2, 0.25) is 0 Å². The van der Waals surface area contributed by atoms with E-state index in [0.717, 1.165) is 51.0 Å². The molecule has 0 radical (unpaired) electrons. The van der Waals surface area contributed by atoms with Gasteiger partial charge in [0.15, 0.2) is 0 Å². The molecule has 0 spiro atoms. The number of aliphatic hydroxyl groups excluding tert-OH is 1. The number of morpholine rings is 1. The molecule has 0 saturated carbocycles. The fourth-order valence-corrected chi connectivity index (χ4v) is 7.31. The first kappa shape index (κ1) is 31.4. The Bertz CT molecular complexity index is 1620. The summed E-state index contributed by atoms with van der Waals surface area (Å²) in [5.41, 5.74) is 3.78. The third-order valence-electron chi connectivity index (χ3n) is 9.00.